The van der Waals surface area contributed by atoms with E-state index in [0.29, 0.717) is 22.8 Å². The molecule has 0 heterocycles. The molecular formula is C18H20ClN3O2. The third kappa shape index (κ3) is 4.73. The first-order valence-corrected chi connectivity index (χ1v) is 8.00. The molecule has 0 aromatic heterocycles. The summed E-state index contributed by atoms with van der Waals surface area (Å²) >= 11 is 5.98. The average molecular weight is 346 g/mol. The van der Waals surface area contributed by atoms with Gasteiger partial charge in [0.1, 0.15) is 0 Å². The third-order valence-corrected chi connectivity index (χ3v) is 3.97. The first-order chi connectivity index (χ1) is 11.5. The van der Waals surface area contributed by atoms with Gasteiger partial charge in [0.15, 0.2) is 0 Å². The topological polar surface area (TPSA) is 70.2 Å². The third-order valence-electron chi connectivity index (χ3n) is 3.64. The minimum absolute atomic E-state index is 0.302. The van der Waals surface area contributed by atoms with E-state index in [4.69, 9.17) is 11.6 Å². The monoisotopic (exact) mass is 345 g/mol. The smallest absolute Gasteiger partial charge is 0.319 e. The quantitative estimate of drug-likeness (QED) is 0.777. The van der Waals surface area contributed by atoms with Gasteiger partial charge in [-0.25, -0.2) is 4.79 Å². The van der Waals surface area contributed by atoms with Crippen LogP contribution in [0.5, 0.6) is 0 Å². The fraction of sp³-hybridized carbons (Fsp3) is 0.222. The summed E-state index contributed by atoms with van der Waals surface area (Å²) in [7, 11) is 1.52. The van der Waals surface area contributed by atoms with Crippen LogP contribution in [0.15, 0.2) is 42.5 Å². The molecule has 0 aliphatic rings. The molecule has 6 heteroatoms. The summed E-state index contributed by atoms with van der Waals surface area (Å²) in [6, 6.07) is 12.5. The van der Waals surface area contributed by atoms with E-state index in [1.54, 1.807) is 18.2 Å². The molecule has 0 unspecified atom stereocenters. The Hall–Kier alpha value is -2.53. The lowest BCUT2D eigenvalue weighted by atomic mass is 10.1. The molecule has 5 nitrogen and oxygen atoms in total. The fourth-order valence-corrected chi connectivity index (χ4v) is 2.49. The second kappa shape index (κ2) is 8.36. The number of benzene rings is 2. The van der Waals surface area contributed by atoms with E-state index in [-0.39, 0.29) is 11.9 Å². The molecule has 0 saturated heterocycles. The van der Waals surface area contributed by atoms with Crippen molar-refractivity contribution in [2.24, 2.45) is 0 Å². The van der Waals surface area contributed by atoms with Crippen molar-refractivity contribution < 1.29 is 9.59 Å². The summed E-state index contributed by atoms with van der Waals surface area (Å²) in [5, 5.41) is 8.34. The summed E-state index contributed by atoms with van der Waals surface area (Å²) in [5.41, 5.74) is 3.22. The maximum absolute atomic E-state index is 12.0. The number of carbonyl (C=O) groups is 2. The lowest BCUT2D eigenvalue weighted by Gasteiger charge is -2.10. The molecule has 0 saturated carbocycles. The van der Waals surface area contributed by atoms with E-state index in [1.807, 2.05) is 31.2 Å². The van der Waals surface area contributed by atoms with Crippen molar-refractivity contribution in [3.8, 4) is 0 Å². The van der Waals surface area contributed by atoms with Crippen molar-refractivity contribution in [2.45, 2.75) is 13.3 Å². The summed E-state index contributed by atoms with van der Waals surface area (Å²) in [4.78, 5) is 23.7. The molecule has 126 valence electrons. The zero-order valence-corrected chi connectivity index (χ0v) is 14.4. The Labute approximate surface area is 146 Å². The van der Waals surface area contributed by atoms with Crippen molar-refractivity contribution in [2.75, 3.05) is 18.9 Å². The van der Waals surface area contributed by atoms with Crippen molar-refractivity contribution in [1.29, 1.82) is 0 Å². The molecule has 0 spiro atoms. The van der Waals surface area contributed by atoms with Gasteiger partial charge in [-0.05, 0) is 42.7 Å². The second-order valence-corrected chi connectivity index (χ2v) is 5.74. The van der Waals surface area contributed by atoms with Crippen LogP contribution < -0.4 is 16.0 Å². The molecule has 0 bridgehead atoms. The molecule has 2 aromatic carbocycles. The molecule has 0 atom stereocenters. The van der Waals surface area contributed by atoms with Crippen LogP contribution in [0.3, 0.4) is 0 Å². The Balaban J connectivity index is 1.91. The van der Waals surface area contributed by atoms with Gasteiger partial charge in [-0.3, -0.25) is 4.79 Å². The van der Waals surface area contributed by atoms with Crippen LogP contribution in [0.1, 0.15) is 21.5 Å². The van der Waals surface area contributed by atoms with Gasteiger partial charge in [-0.15, -0.1) is 0 Å². The highest BCUT2D eigenvalue weighted by atomic mass is 35.5. The van der Waals surface area contributed by atoms with Crippen molar-refractivity contribution in [3.05, 3.63) is 64.2 Å². The number of aryl methyl sites for hydroxylation is 1. The Kier molecular flexibility index (Phi) is 6.21. The Morgan fingerprint density at radius 2 is 1.88 bits per heavy atom. The maximum Gasteiger partial charge on any atom is 0.319 e. The van der Waals surface area contributed by atoms with Crippen LogP contribution in [-0.4, -0.2) is 25.5 Å². The van der Waals surface area contributed by atoms with E-state index in [1.165, 1.54) is 18.2 Å². The van der Waals surface area contributed by atoms with Crippen molar-refractivity contribution in [3.63, 3.8) is 0 Å². The van der Waals surface area contributed by atoms with E-state index in [9.17, 15) is 9.59 Å². The number of hydrogen-bond acceptors (Lipinski definition) is 2. The zero-order chi connectivity index (χ0) is 17.5. The first-order valence-electron chi connectivity index (χ1n) is 7.62. The number of amides is 3. The van der Waals surface area contributed by atoms with Crippen LogP contribution in [0.2, 0.25) is 5.02 Å². The molecular weight excluding hydrogens is 326 g/mol. The minimum atomic E-state index is -0.325. The molecule has 0 aliphatic carbocycles. The summed E-state index contributed by atoms with van der Waals surface area (Å²) in [6.45, 7) is 2.57. The number of hydrogen-bond donors (Lipinski definition) is 3. The Morgan fingerprint density at radius 1 is 1.12 bits per heavy atom. The number of anilines is 1. The predicted octanol–water partition coefficient (Wildman–Crippen LogP) is 3.37. The highest BCUT2D eigenvalue weighted by Gasteiger charge is 2.10. The zero-order valence-electron chi connectivity index (χ0n) is 13.7. The maximum atomic E-state index is 12.0. The largest absolute Gasteiger partial charge is 0.355 e. The van der Waals surface area contributed by atoms with E-state index < -0.39 is 0 Å². The van der Waals surface area contributed by atoms with Crippen molar-refractivity contribution >= 4 is 29.2 Å². The lowest BCUT2D eigenvalue weighted by molar-refractivity contribution is 0.0963. The number of carbonyl (C=O) groups excluding carboxylic acids is 2. The van der Waals surface area contributed by atoms with Crippen LogP contribution in [0, 0.1) is 6.92 Å². The SMILES string of the molecule is CNC(=O)c1cc(NC(=O)NCCc2ccccc2C)ccc1Cl. The molecule has 3 amide bonds. The molecule has 24 heavy (non-hydrogen) atoms. The molecule has 2 rings (SSSR count). The molecule has 3 N–H and O–H groups in total. The van der Waals surface area contributed by atoms with Gasteiger partial charge < -0.3 is 16.0 Å². The van der Waals surface area contributed by atoms with Crippen LogP contribution in [0.4, 0.5) is 10.5 Å². The van der Waals surface area contributed by atoms with Gasteiger partial charge in [0, 0.05) is 19.3 Å². The molecule has 2 aromatic rings. The molecule has 0 radical (unpaired) electrons. The van der Waals surface area contributed by atoms with Gasteiger partial charge in [-0.1, -0.05) is 35.9 Å². The highest BCUT2D eigenvalue weighted by Crippen LogP contribution is 2.20. The van der Waals surface area contributed by atoms with Crippen LogP contribution >= 0.6 is 11.6 Å². The molecule has 0 fully saturated rings. The first kappa shape index (κ1) is 17.8. The Bertz CT molecular complexity index is 747. The van der Waals surface area contributed by atoms with Gasteiger partial charge in [0.05, 0.1) is 10.6 Å². The number of halogens is 1. The second-order valence-electron chi connectivity index (χ2n) is 5.33. The molecule has 0 aliphatic heterocycles. The van der Waals surface area contributed by atoms with E-state index in [2.05, 4.69) is 16.0 Å². The van der Waals surface area contributed by atoms with Gasteiger partial charge >= 0.3 is 6.03 Å². The predicted molar refractivity (Wildman–Crippen MR) is 96.7 cm³/mol. The Morgan fingerprint density at radius 3 is 2.58 bits per heavy atom. The highest BCUT2D eigenvalue weighted by molar-refractivity contribution is 6.34. The van der Waals surface area contributed by atoms with E-state index in [0.717, 1.165) is 6.42 Å². The number of rotatable bonds is 5. The normalized spacial score (nSPS) is 10.1. The van der Waals surface area contributed by atoms with Gasteiger partial charge in [-0.2, -0.15) is 0 Å². The van der Waals surface area contributed by atoms with Crippen LogP contribution in [0.25, 0.3) is 0 Å². The summed E-state index contributed by atoms with van der Waals surface area (Å²) in [6.07, 6.45) is 0.754. The van der Waals surface area contributed by atoms with Crippen LogP contribution in [-0.2, 0) is 6.42 Å². The summed E-state index contributed by atoms with van der Waals surface area (Å²) < 4.78 is 0. The summed E-state index contributed by atoms with van der Waals surface area (Å²) in [5.74, 6) is -0.302. The number of nitrogens with one attached hydrogen (secondary N) is 3. The number of urea groups is 1. The fourth-order valence-electron chi connectivity index (χ4n) is 2.29. The van der Waals surface area contributed by atoms with Crippen molar-refractivity contribution in [1.82, 2.24) is 10.6 Å². The standard InChI is InChI=1S/C18H20ClN3O2/c1-12-5-3-4-6-13(12)9-10-21-18(24)22-14-7-8-16(19)15(11-14)17(23)20-2/h3-8,11H,9-10H2,1-2H3,(H,20,23)(H2,21,22,24). The average Bonchev–Trinajstić information content (AvgIpc) is 2.57. The van der Waals surface area contributed by atoms with E-state index >= 15 is 0 Å². The van der Waals surface area contributed by atoms with Gasteiger partial charge in [0.25, 0.3) is 5.91 Å². The van der Waals surface area contributed by atoms with Gasteiger partial charge in [0.2, 0.25) is 0 Å². The minimum Gasteiger partial charge on any atom is -0.355 e. The lowest BCUT2D eigenvalue weighted by Crippen LogP contribution is -2.30.